The van der Waals surface area contributed by atoms with E-state index in [0.717, 1.165) is 0 Å². The van der Waals surface area contributed by atoms with Crippen LogP contribution >= 0.6 is 0 Å². The van der Waals surface area contributed by atoms with Crippen LogP contribution in [0.4, 0.5) is 5.95 Å². The van der Waals surface area contributed by atoms with Gasteiger partial charge in [-0.1, -0.05) is 0 Å². The molecule has 2 aromatic heterocycles. The molecular weight excluding hydrogens is 282 g/mol. The number of aliphatic hydroxyl groups excluding tert-OH is 3. The lowest BCUT2D eigenvalue weighted by molar-refractivity contribution is -0.648. The molecule has 21 heavy (non-hydrogen) atoms. The van der Waals surface area contributed by atoms with Gasteiger partial charge in [0.05, 0.1) is 13.7 Å². The molecule has 0 radical (unpaired) electrons. The number of rotatable bonds is 2. The zero-order valence-corrected chi connectivity index (χ0v) is 11.1. The molecule has 0 spiro atoms. The molecule has 10 heteroatoms. The average molecular weight is 297 g/mol. The third-order valence-electron chi connectivity index (χ3n) is 3.54. The predicted octanol–water partition coefficient (Wildman–Crippen LogP) is -3.48. The molecular formula is C11H15N5O5. The number of hydrogen-bond acceptors (Lipinski definition) is 8. The standard InChI is InChI=1S/C11H15N5O5/c1-15-3-16(8-5(15)9(20)14-11(12)13-8)10-7(19)6(18)4(2-17)21-10/h3-4,6-7,10,17-19H,2H2,1H3,(H2-,12,13,14,20)/t4-,6+,7?,10-/m1/s1. The summed E-state index contributed by atoms with van der Waals surface area (Å²) in [4.78, 5) is 7.54. The molecule has 0 saturated carbocycles. The highest BCUT2D eigenvalue weighted by Crippen LogP contribution is 2.31. The highest BCUT2D eigenvalue weighted by molar-refractivity contribution is 5.73. The fourth-order valence-corrected chi connectivity index (χ4v) is 2.52. The lowest BCUT2D eigenvalue weighted by Gasteiger charge is -2.11. The van der Waals surface area contributed by atoms with Gasteiger partial charge in [0.1, 0.15) is 18.3 Å². The Morgan fingerprint density at radius 3 is 2.76 bits per heavy atom. The van der Waals surface area contributed by atoms with E-state index >= 15 is 0 Å². The Labute approximate surface area is 118 Å². The Morgan fingerprint density at radius 2 is 2.14 bits per heavy atom. The Bertz CT molecular complexity index is 689. The van der Waals surface area contributed by atoms with E-state index in [0.29, 0.717) is 0 Å². The third-order valence-corrected chi connectivity index (χ3v) is 3.54. The number of aryl methyl sites for hydroxylation is 1. The molecule has 0 aromatic carbocycles. The summed E-state index contributed by atoms with van der Waals surface area (Å²) < 4.78 is 8.28. The van der Waals surface area contributed by atoms with Crippen molar-refractivity contribution in [1.29, 1.82) is 0 Å². The van der Waals surface area contributed by atoms with Crippen molar-refractivity contribution in [3.63, 3.8) is 0 Å². The molecule has 10 nitrogen and oxygen atoms in total. The molecule has 2 aromatic rings. The van der Waals surface area contributed by atoms with Crippen LogP contribution in [0.25, 0.3) is 11.2 Å². The minimum atomic E-state index is -1.27. The molecule has 1 unspecified atom stereocenters. The van der Waals surface area contributed by atoms with Crippen molar-refractivity contribution in [2.24, 2.45) is 7.05 Å². The van der Waals surface area contributed by atoms with E-state index in [-0.39, 0.29) is 17.1 Å². The van der Waals surface area contributed by atoms with Crippen LogP contribution in [-0.2, 0) is 11.8 Å². The number of nitrogen functional groups attached to an aromatic ring is 1. The third kappa shape index (κ3) is 2.00. The lowest BCUT2D eigenvalue weighted by atomic mass is 10.1. The molecule has 3 heterocycles. The average Bonchev–Trinajstić information content (AvgIpc) is 2.89. The second-order valence-corrected chi connectivity index (χ2v) is 4.92. The minimum absolute atomic E-state index is 0.185. The fourth-order valence-electron chi connectivity index (χ4n) is 2.52. The van der Waals surface area contributed by atoms with Gasteiger partial charge in [-0.15, -0.1) is 0 Å². The van der Waals surface area contributed by atoms with Gasteiger partial charge in [-0.2, -0.15) is 9.55 Å². The number of aromatic nitrogens is 4. The first-order valence-electron chi connectivity index (χ1n) is 6.27. The summed E-state index contributed by atoms with van der Waals surface area (Å²) in [6.07, 6.45) is -2.94. The monoisotopic (exact) mass is 297 g/mol. The van der Waals surface area contributed by atoms with Gasteiger partial charge in [-0.3, -0.25) is 0 Å². The van der Waals surface area contributed by atoms with E-state index < -0.39 is 37.0 Å². The van der Waals surface area contributed by atoms with Crippen LogP contribution < -0.4 is 15.4 Å². The topological polar surface area (TPSA) is 154 Å². The second-order valence-electron chi connectivity index (χ2n) is 4.92. The largest absolute Gasteiger partial charge is 0.855 e. The molecule has 0 aliphatic carbocycles. The van der Waals surface area contributed by atoms with E-state index in [4.69, 9.17) is 15.6 Å². The number of nitrogens with zero attached hydrogens (tertiary/aromatic N) is 4. The Kier molecular flexibility index (Phi) is 3.17. The van der Waals surface area contributed by atoms with Crippen LogP contribution in [0.2, 0.25) is 0 Å². The Morgan fingerprint density at radius 1 is 1.43 bits per heavy atom. The van der Waals surface area contributed by atoms with Crippen molar-refractivity contribution in [2.75, 3.05) is 12.3 Å². The van der Waals surface area contributed by atoms with E-state index in [1.165, 1.54) is 15.5 Å². The molecule has 1 aliphatic heterocycles. The van der Waals surface area contributed by atoms with Crippen LogP contribution in [0.15, 0.2) is 6.33 Å². The van der Waals surface area contributed by atoms with Crippen molar-refractivity contribution >= 4 is 17.1 Å². The maximum absolute atomic E-state index is 11.9. The summed E-state index contributed by atoms with van der Waals surface area (Å²) in [5.41, 5.74) is 5.86. The summed E-state index contributed by atoms with van der Waals surface area (Å²) in [5.74, 6) is -0.746. The van der Waals surface area contributed by atoms with Gasteiger partial charge in [-0.05, 0) is 0 Å². The predicted molar refractivity (Wildman–Crippen MR) is 65.6 cm³/mol. The molecule has 3 rings (SSSR count). The summed E-state index contributed by atoms with van der Waals surface area (Å²) >= 11 is 0. The van der Waals surface area contributed by atoms with Crippen molar-refractivity contribution in [1.82, 2.24) is 14.5 Å². The van der Waals surface area contributed by atoms with Crippen molar-refractivity contribution < 1.29 is 29.7 Å². The zero-order valence-electron chi connectivity index (χ0n) is 11.1. The molecule has 4 atom stereocenters. The molecule has 1 saturated heterocycles. The van der Waals surface area contributed by atoms with Crippen LogP contribution in [0, 0.1) is 0 Å². The van der Waals surface area contributed by atoms with Crippen LogP contribution in [0.5, 0.6) is 5.88 Å². The van der Waals surface area contributed by atoms with Gasteiger partial charge in [0, 0.05) is 5.88 Å². The first-order chi connectivity index (χ1) is 9.93. The Hall–Kier alpha value is -2.01. The zero-order chi connectivity index (χ0) is 15.3. The smallest absolute Gasteiger partial charge is 0.275 e. The van der Waals surface area contributed by atoms with Gasteiger partial charge < -0.3 is 30.9 Å². The number of fused-ring (bicyclic) bond motifs is 1. The van der Waals surface area contributed by atoms with Crippen LogP contribution in [0.3, 0.4) is 0 Å². The van der Waals surface area contributed by atoms with Gasteiger partial charge in [0.2, 0.25) is 24.0 Å². The maximum atomic E-state index is 11.9. The molecule has 5 N–H and O–H groups in total. The highest BCUT2D eigenvalue weighted by atomic mass is 16.6. The van der Waals surface area contributed by atoms with Crippen LogP contribution in [0.1, 0.15) is 6.23 Å². The van der Waals surface area contributed by atoms with Gasteiger partial charge in [0.25, 0.3) is 5.65 Å². The Balaban J connectivity index is 2.13. The summed E-state index contributed by atoms with van der Waals surface area (Å²) in [7, 11) is 1.61. The summed E-state index contributed by atoms with van der Waals surface area (Å²) in [5, 5.41) is 40.8. The maximum Gasteiger partial charge on any atom is 0.275 e. The van der Waals surface area contributed by atoms with E-state index in [1.54, 1.807) is 7.05 Å². The van der Waals surface area contributed by atoms with Crippen molar-refractivity contribution in [3.8, 4) is 5.88 Å². The first kappa shape index (κ1) is 13.9. The SMILES string of the molecule is C[n+]1cn([C@@H]2O[C@H](CO)[C@H](O)C2O)c2nc(N)nc([O-])c21. The van der Waals surface area contributed by atoms with Crippen molar-refractivity contribution in [2.45, 2.75) is 24.5 Å². The van der Waals surface area contributed by atoms with Gasteiger partial charge in [-0.25, -0.2) is 9.55 Å². The van der Waals surface area contributed by atoms with E-state index in [9.17, 15) is 15.3 Å². The fraction of sp³-hybridized carbons (Fsp3) is 0.545. The molecule has 114 valence electrons. The number of aliphatic hydroxyl groups is 3. The van der Waals surface area contributed by atoms with Gasteiger partial charge in [0.15, 0.2) is 0 Å². The normalized spacial score (nSPS) is 29.3. The van der Waals surface area contributed by atoms with Crippen molar-refractivity contribution in [3.05, 3.63) is 6.33 Å². The summed E-state index contributed by atoms with van der Waals surface area (Å²) in [6, 6.07) is 0. The van der Waals surface area contributed by atoms with Gasteiger partial charge >= 0.3 is 0 Å². The first-order valence-corrected chi connectivity index (χ1v) is 6.27. The molecule has 1 aliphatic rings. The van der Waals surface area contributed by atoms with E-state index in [2.05, 4.69) is 9.97 Å². The molecule has 0 amide bonds. The number of ether oxygens (including phenoxy) is 1. The molecule has 1 fully saturated rings. The second kappa shape index (κ2) is 4.77. The highest BCUT2D eigenvalue weighted by Gasteiger charge is 2.47. The van der Waals surface area contributed by atoms with Crippen LogP contribution in [-0.4, -0.2) is 54.8 Å². The van der Waals surface area contributed by atoms with E-state index in [1.807, 2.05) is 0 Å². The number of nitrogens with two attached hydrogens (primary N) is 1. The minimum Gasteiger partial charge on any atom is -0.855 e. The lowest BCUT2D eigenvalue weighted by Crippen LogP contribution is -2.33. The number of imidazole rings is 1. The quantitative estimate of drug-likeness (QED) is 0.417. The molecule has 0 bridgehead atoms. The summed E-state index contributed by atoms with van der Waals surface area (Å²) in [6.45, 7) is -0.440. The number of anilines is 1. The number of hydrogen-bond donors (Lipinski definition) is 4.